The molecule has 2 rings (SSSR count). The van der Waals surface area contributed by atoms with Crippen LogP contribution >= 0.6 is 11.8 Å². The van der Waals surface area contributed by atoms with Gasteiger partial charge in [-0.25, -0.2) is 4.99 Å². The molecule has 0 bridgehead atoms. The molecule has 0 fully saturated rings. The number of nitrogens with zero attached hydrogens (tertiary/aromatic N) is 1. The van der Waals surface area contributed by atoms with E-state index in [9.17, 15) is 0 Å². The van der Waals surface area contributed by atoms with Crippen LogP contribution in [0.25, 0.3) is 0 Å². The van der Waals surface area contributed by atoms with E-state index in [1.165, 1.54) is 17.3 Å². The fraction of sp³-hybridized carbons (Fsp3) is 0.350. The van der Waals surface area contributed by atoms with Crippen molar-refractivity contribution in [2.75, 3.05) is 12.4 Å². The van der Waals surface area contributed by atoms with Crippen molar-refractivity contribution in [1.82, 2.24) is 0 Å². The summed E-state index contributed by atoms with van der Waals surface area (Å²) in [6.45, 7) is 7.08. The van der Waals surface area contributed by atoms with Gasteiger partial charge in [-0.15, -0.1) is 0 Å². The molecule has 24 heavy (non-hydrogen) atoms. The average Bonchev–Trinajstić information content (AvgIpc) is 2.60. The maximum Gasteiger partial charge on any atom is 0.159 e. The standard InChI is InChI=1S/C20H26N2OS/c1-4-15(2)17-9-11-18(12-10-17)22-20(21)24-14-13-23-19-8-6-5-7-16(19)3/h5-12,15H,4,13-14H2,1-3H3,(H2,21,22)/t15-/m1/s1. The van der Waals surface area contributed by atoms with Crippen LogP contribution in [-0.2, 0) is 0 Å². The Hall–Kier alpha value is -1.94. The molecule has 4 heteroatoms. The van der Waals surface area contributed by atoms with Gasteiger partial charge in [-0.05, 0) is 48.6 Å². The zero-order valence-electron chi connectivity index (χ0n) is 14.7. The monoisotopic (exact) mass is 342 g/mol. The lowest BCUT2D eigenvalue weighted by Crippen LogP contribution is -2.10. The van der Waals surface area contributed by atoms with Crippen LogP contribution in [0, 0.1) is 6.92 Å². The summed E-state index contributed by atoms with van der Waals surface area (Å²) in [7, 11) is 0. The van der Waals surface area contributed by atoms with Crippen LogP contribution < -0.4 is 10.5 Å². The third kappa shape index (κ3) is 5.60. The number of thioether (sulfide) groups is 1. The predicted molar refractivity (Wildman–Crippen MR) is 106 cm³/mol. The summed E-state index contributed by atoms with van der Waals surface area (Å²) in [4.78, 5) is 4.45. The number of ether oxygens (including phenoxy) is 1. The van der Waals surface area contributed by atoms with E-state index < -0.39 is 0 Å². The first-order chi connectivity index (χ1) is 11.6. The van der Waals surface area contributed by atoms with Gasteiger partial charge in [0.2, 0.25) is 0 Å². The zero-order valence-corrected chi connectivity index (χ0v) is 15.5. The SMILES string of the molecule is CC[C@@H](C)c1ccc(N=C(N)SCCOc2ccccc2C)cc1. The average molecular weight is 343 g/mol. The molecule has 0 aliphatic heterocycles. The molecule has 0 aliphatic rings. The lowest BCUT2D eigenvalue weighted by molar-refractivity contribution is 0.342. The molecule has 3 nitrogen and oxygen atoms in total. The van der Waals surface area contributed by atoms with Crippen LogP contribution in [-0.4, -0.2) is 17.5 Å². The maximum absolute atomic E-state index is 6.00. The van der Waals surface area contributed by atoms with Gasteiger partial charge in [0.15, 0.2) is 5.17 Å². The van der Waals surface area contributed by atoms with Crippen LogP contribution in [0.3, 0.4) is 0 Å². The second-order valence-electron chi connectivity index (χ2n) is 5.81. The van der Waals surface area contributed by atoms with Crippen molar-refractivity contribution in [2.45, 2.75) is 33.1 Å². The number of rotatable bonds is 7. The molecular formula is C20H26N2OS. The predicted octanol–water partition coefficient (Wildman–Crippen LogP) is 5.27. The number of aryl methyl sites for hydroxylation is 1. The summed E-state index contributed by atoms with van der Waals surface area (Å²) >= 11 is 1.51. The van der Waals surface area contributed by atoms with Crippen molar-refractivity contribution < 1.29 is 4.74 Å². The van der Waals surface area contributed by atoms with Gasteiger partial charge in [0.1, 0.15) is 5.75 Å². The molecule has 0 saturated carbocycles. The molecule has 0 saturated heterocycles. The van der Waals surface area contributed by atoms with Gasteiger partial charge in [0, 0.05) is 5.75 Å². The van der Waals surface area contributed by atoms with Gasteiger partial charge in [0.05, 0.1) is 12.3 Å². The Morgan fingerprint density at radius 3 is 2.54 bits per heavy atom. The first-order valence-electron chi connectivity index (χ1n) is 8.35. The third-order valence-corrected chi connectivity index (χ3v) is 4.76. The molecule has 128 valence electrons. The lowest BCUT2D eigenvalue weighted by Gasteiger charge is -2.09. The minimum Gasteiger partial charge on any atom is -0.492 e. The smallest absolute Gasteiger partial charge is 0.159 e. The second-order valence-corrected chi connectivity index (χ2v) is 6.93. The number of benzene rings is 2. The van der Waals surface area contributed by atoms with Crippen molar-refractivity contribution in [2.24, 2.45) is 10.7 Å². The lowest BCUT2D eigenvalue weighted by atomic mass is 9.99. The van der Waals surface area contributed by atoms with Crippen LogP contribution in [0.15, 0.2) is 53.5 Å². The molecule has 0 spiro atoms. The highest BCUT2D eigenvalue weighted by Gasteiger charge is 2.03. The molecule has 0 amide bonds. The second kappa shape index (κ2) is 9.38. The Balaban J connectivity index is 1.80. The fourth-order valence-electron chi connectivity index (χ4n) is 2.29. The van der Waals surface area contributed by atoms with E-state index in [4.69, 9.17) is 10.5 Å². The number of hydrogen-bond acceptors (Lipinski definition) is 3. The molecule has 1 atom stereocenters. The Morgan fingerprint density at radius 2 is 1.88 bits per heavy atom. The summed E-state index contributed by atoms with van der Waals surface area (Å²) in [6.07, 6.45) is 1.14. The van der Waals surface area contributed by atoms with E-state index >= 15 is 0 Å². The molecule has 0 aliphatic carbocycles. The summed E-state index contributed by atoms with van der Waals surface area (Å²) in [5.41, 5.74) is 9.38. The van der Waals surface area contributed by atoms with Gasteiger partial charge >= 0.3 is 0 Å². The van der Waals surface area contributed by atoms with Gasteiger partial charge in [-0.2, -0.15) is 0 Å². The highest BCUT2D eigenvalue weighted by molar-refractivity contribution is 8.13. The molecule has 0 unspecified atom stereocenters. The quantitative estimate of drug-likeness (QED) is 0.424. The Morgan fingerprint density at radius 1 is 1.17 bits per heavy atom. The number of aliphatic imine (C=N–C) groups is 1. The van der Waals surface area contributed by atoms with E-state index in [2.05, 4.69) is 31.0 Å². The summed E-state index contributed by atoms with van der Waals surface area (Å²) in [6, 6.07) is 16.3. The molecule has 0 heterocycles. The fourth-order valence-corrected chi connectivity index (χ4v) is 2.83. The van der Waals surface area contributed by atoms with Crippen LogP contribution in [0.5, 0.6) is 5.75 Å². The van der Waals surface area contributed by atoms with Crippen LogP contribution in [0.4, 0.5) is 5.69 Å². The minimum absolute atomic E-state index is 0.569. The van der Waals surface area contributed by atoms with Crippen molar-refractivity contribution in [3.63, 3.8) is 0 Å². The van der Waals surface area contributed by atoms with E-state index in [1.807, 2.05) is 43.3 Å². The van der Waals surface area contributed by atoms with E-state index in [-0.39, 0.29) is 0 Å². The van der Waals surface area contributed by atoms with Crippen molar-refractivity contribution in [1.29, 1.82) is 0 Å². The van der Waals surface area contributed by atoms with Gasteiger partial charge in [-0.1, -0.05) is 55.9 Å². The van der Waals surface area contributed by atoms with Crippen LogP contribution in [0.2, 0.25) is 0 Å². The molecule has 0 aromatic heterocycles. The van der Waals surface area contributed by atoms with E-state index in [0.29, 0.717) is 17.7 Å². The first-order valence-corrected chi connectivity index (χ1v) is 9.34. The Labute approximate surface area is 149 Å². The largest absolute Gasteiger partial charge is 0.492 e. The van der Waals surface area contributed by atoms with E-state index in [0.717, 1.165) is 29.2 Å². The van der Waals surface area contributed by atoms with Gasteiger partial charge < -0.3 is 10.5 Å². The number of para-hydroxylation sites is 1. The Bertz CT molecular complexity index is 668. The van der Waals surface area contributed by atoms with Gasteiger partial charge in [0.25, 0.3) is 0 Å². The van der Waals surface area contributed by atoms with Gasteiger partial charge in [-0.3, -0.25) is 0 Å². The molecule has 2 aromatic carbocycles. The maximum atomic E-state index is 6.00. The first kappa shape index (κ1) is 18.4. The number of hydrogen-bond donors (Lipinski definition) is 1. The summed E-state index contributed by atoms with van der Waals surface area (Å²) in [5.74, 6) is 2.27. The summed E-state index contributed by atoms with van der Waals surface area (Å²) < 4.78 is 5.76. The van der Waals surface area contributed by atoms with Crippen LogP contribution in [0.1, 0.15) is 37.3 Å². The van der Waals surface area contributed by atoms with Crippen molar-refractivity contribution >= 4 is 22.6 Å². The number of amidine groups is 1. The third-order valence-electron chi connectivity index (χ3n) is 4.00. The Kier molecular flexibility index (Phi) is 7.19. The molecule has 2 N–H and O–H groups in total. The normalized spacial score (nSPS) is 12.9. The highest BCUT2D eigenvalue weighted by Crippen LogP contribution is 2.22. The number of nitrogens with two attached hydrogens (primary N) is 1. The molecular weight excluding hydrogens is 316 g/mol. The van der Waals surface area contributed by atoms with E-state index in [1.54, 1.807) is 0 Å². The highest BCUT2D eigenvalue weighted by atomic mass is 32.2. The molecule has 2 aromatic rings. The molecule has 0 radical (unpaired) electrons. The zero-order chi connectivity index (χ0) is 17.4. The topological polar surface area (TPSA) is 47.6 Å². The van der Waals surface area contributed by atoms with Crippen molar-refractivity contribution in [3.05, 3.63) is 59.7 Å². The minimum atomic E-state index is 0.569. The summed E-state index contributed by atoms with van der Waals surface area (Å²) in [5, 5.41) is 0.569. The van der Waals surface area contributed by atoms with Crippen molar-refractivity contribution in [3.8, 4) is 5.75 Å².